The molecule has 2 aromatic rings. The number of nitrogens with one attached hydrogen (secondary N) is 1. The highest BCUT2D eigenvalue weighted by atomic mass is 35.5. The van der Waals surface area contributed by atoms with Crippen LogP contribution >= 0.6 is 58.9 Å². The van der Waals surface area contributed by atoms with Crippen LogP contribution in [0.3, 0.4) is 0 Å². The molecule has 4 heterocycles. The van der Waals surface area contributed by atoms with Crippen molar-refractivity contribution in [3.63, 3.8) is 0 Å². The van der Waals surface area contributed by atoms with Gasteiger partial charge in [-0.2, -0.15) is 0 Å². The lowest BCUT2D eigenvalue weighted by Gasteiger charge is -2.49. The molecule has 0 saturated carbocycles. The number of aryl methyl sites for hydroxylation is 1. The number of aliphatic carboxylic acids is 2. The van der Waals surface area contributed by atoms with E-state index < -0.39 is 24.0 Å². The molecule has 2 aromatic heterocycles. The van der Waals surface area contributed by atoms with Gasteiger partial charge < -0.3 is 21.3 Å². The molecule has 2 aliphatic heterocycles. The van der Waals surface area contributed by atoms with Gasteiger partial charge in [0.05, 0.1) is 4.99 Å². The van der Waals surface area contributed by atoms with Gasteiger partial charge in [-0.3, -0.25) is 14.5 Å². The number of carbonyl (C=O) groups is 3. The maximum absolute atomic E-state index is 13.0. The van der Waals surface area contributed by atoms with Crippen molar-refractivity contribution in [2.24, 2.45) is 5.73 Å². The van der Waals surface area contributed by atoms with Crippen LogP contribution in [0.15, 0.2) is 52.8 Å². The van der Waals surface area contributed by atoms with Gasteiger partial charge in [-0.25, -0.2) is 14.3 Å². The fourth-order valence-corrected chi connectivity index (χ4v) is 7.30. The van der Waals surface area contributed by atoms with E-state index in [1.165, 1.54) is 28.4 Å². The van der Waals surface area contributed by atoms with E-state index in [-0.39, 0.29) is 33.7 Å². The van der Waals surface area contributed by atoms with Gasteiger partial charge in [0.1, 0.15) is 40.0 Å². The van der Waals surface area contributed by atoms with Gasteiger partial charge in [0.2, 0.25) is 0 Å². The molecule has 0 radical (unpaired) electrons. The molecule has 0 unspecified atom stereocenters. The summed E-state index contributed by atoms with van der Waals surface area (Å²) in [5.41, 5.74) is 6.91. The molecule has 0 spiro atoms. The number of hydrogen-bond donors (Lipinski definition) is 4. The number of rotatable bonds is 12. The first-order valence-corrected chi connectivity index (χ1v) is 15.4. The van der Waals surface area contributed by atoms with Crippen LogP contribution < -0.4 is 15.6 Å². The van der Waals surface area contributed by atoms with E-state index in [4.69, 9.17) is 46.3 Å². The quantitative estimate of drug-likeness (QED) is 0.0890. The summed E-state index contributed by atoms with van der Waals surface area (Å²) in [7, 11) is 0. The Hall–Kier alpha value is -2.42. The van der Waals surface area contributed by atoms with Gasteiger partial charge >= 0.3 is 11.9 Å². The summed E-state index contributed by atoms with van der Waals surface area (Å²) in [6.07, 6.45) is 5.07. The third-order valence-corrected chi connectivity index (χ3v) is 9.57. The fourth-order valence-electron chi connectivity index (χ4n) is 4.24. The molecule has 1 fully saturated rings. The summed E-state index contributed by atoms with van der Waals surface area (Å²) in [5.74, 6) is -1.60. The normalized spacial score (nSPS) is 19.1. The second-order valence-corrected chi connectivity index (χ2v) is 12.5. The van der Waals surface area contributed by atoms with Crippen LogP contribution in [0.4, 0.5) is 0 Å². The second-order valence-electron chi connectivity index (χ2n) is 9.12. The molecule has 5 N–H and O–H groups in total. The fraction of sp³-hybridized carbons (Fsp3) is 0.360. The van der Waals surface area contributed by atoms with Crippen LogP contribution in [0.5, 0.6) is 0 Å². The molecule has 0 aliphatic carbocycles. The van der Waals surface area contributed by atoms with Gasteiger partial charge in [0.15, 0.2) is 12.4 Å². The van der Waals surface area contributed by atoms with E-state index in [1.807, 2.05) is 29.1 Å². The number of carboxylic acid groups (broad SMARTS) is 2. The van der Waals surface area contributed by atoms with Crippen LogP contribution in [0.1, 0.15) is 18.4 Å². The number of halogens is 2. The van der Waals surface area contributed by atoms with E-state index in [0.717, 1.165) is 4.90 Å². The third kappa shape index (κ3) is 7.25. The Morgan fingerprint density at radius 3 is 2.65 bits per heavy atom. The molecule has 15 heteroatoms. The number of β-lactam (4-membered cyclic amide) rings is 1. The molecule has 40 heavy (non-hydrogen) atoms. The van der Waals surface area contributed by atoms with Crippen molar-refractivity contribution < 1.29 is 29.2 Å². The minimum absolute atomic E-state index is 0.0240. The Balaban J connectivity index is 1.33. The monoisotopic (exact) mass is 642 g/mol. The van der Waals surface area contributed by atoms with Gasteiger partial charge in [0, 0.05) is 41.4 Å². The molecule has 212 valence electrons. The first kappa shape index (κ1) is 30.5. The summed E-state index contributed by atoms with van der Waals surface area (Å²) >= 11 is 20.4. The van der Waals surface area contributed by atoms with Crippen molar-refractivity contribution in [1.29, 1.82) is 0 Å². The largest absolute Gasteiger partial charge is 0.480 e. The van der Waals surface area contributed by atoms with Crippen LogP contribution in [0.25, 0.3) is 0 Å². The number of hydrogen-bond acceptors (Lipinski definition) is 8. The van der Waals surface area contributed by atoms with Crippen molar-refractivity contribution >= 4 is 81.8 Å². The number of pyridine rings is 2. The molecule has 1 saturated heterocycles. The van der Waals surface area contributed by atoms with Crippen molar-refractivity contribution in [1.82, 2.24) is 15.2 Å². The first-order chi connectivity index (χ1) is 19.0. The molecular formula is C25H26Cl2N5O5S3+. The number of amides is 1. The van der Waals surface area contributed by atoms with E-state index in [9.17, 15) is 19.5 Å². The summed E-state index contributed by atoms with van der Waals surface area (Å²) in [6.45, 7) is 0.637. The third-order valence-electron chi connectivity index (χ3n) is 6.33. The predicted molar refractivity (Wildman–Crippen MR) is 157 cm³/mol. The van der Waals surface area contributed by atoms with Crippen molar-refractivity contribution in [2.45, 2.75) is 48.2 Å². The van der Waals surface area contributed by atoms with E-state index >= 15 is 0 Å². The summed E-state index contributed by atoms with van der Waals surface area (Å²) in [6, 6.07) is 5.66. The standard InChI is InChI=1S/C25H25Cl2N5O5S3/c26-17-4-3-13(21(27)29-17)10-18(38)30-19-22(33)32-20(25(36)37)14(12-40-23(19)32)11-39-15-5-8-31(9-6-15)7-1-2-16(28)24(34)35/h3-6,8-9,16,19,23H,1-2,7,10-12,28H2,(H2-,30,34,35,36,37,38)/p+1/t16-,19-,23+/m0/s1. The lowest BCUT2D eigenvalue weighted by molar-refractivity contribution is -0.697. The zero-order valence-corrected chi connectivity index (χ0v) is 24.9. The van der Waals surface area contributed by atoms with E-state index in [2.05, 4.69) is 10.3 Å². The number of carboxylic acids is 2. The number of aromatic nitrogens is 2. The topological polar surface area (TPSA) is 150 Å². The lowest BCUT2D eigenvalue weighted by atomic mass is 10.0. The van der Waals surface area contributed by atoms with Crippen LogP contribution in [0, 0.1) is 0 Å². The average Bonchev–Trinajstić information content (AvgIpc) is 2.92. The Morgan fingerprint density at radius 2 is 2.00 bits per heavy atom. The van der Waals surface area contributed by atoms with Crippen LogP contribution in [0.2, 0.25) is 10.3 Å². The van der Waals surface area contributed by atoms with Crippen molar-refractivity contribution in [3.05, 3.63) is 63.8 Å². The Bertz CT molecular complexity index is 1360. The molecular weight excluding hydrogens is 617 g/mol. The minimum atomic E-state index is -1.14. The highest BCUT2D eigenvalue weighted by Gasteiger charge is 2.53. The van der Waals surface area contributed by atoms with Gasteiger partial charge in [-0.1, -0.05) is 41.5 Å². The van der Waals surface area contributed by atoms with Gasteiger partial charge in [-0.15, -0.1) is 23.5 Å². The summed E-state index contributed by atoms with van der Waals surface area (Å²) < 4.78 is 1.94. The number of nitrogens with zero attached hydrogens (tertiary/aromatic N) is 3. The first-order valence-electron chi connectivity index (χ1n) is 12.2. The maximum atomic E-state index is 13.0. The molecule has 3 atom stereocenters. The maximum Gasteiger partial charge on any atom is 0.352 e. The summed E-state index contributed by atoms with van der Waals surface area (Å²) in [5, 5.41) is 22.0. The predicted octanol–water partition coefficient (Wildman–Crippen LogP) is 2.74. The molecule has 2 aliphatic rings. The molecule has 0 bridgehead atoms. The molecule has 4 rings (SSSR count). The highest BCUT2D eigenvalue weighted by Crippen LogP contribution is 2.41. The number of fused-ring (bicyclic) bond motifs is 1. The summed E-state index contributed by atoms with van der Waals surface area (Å²) in [4.78, 5) is 42.7. The number of thiocarbonyl (C=S) groups is 1. The SMILES string of the molecule is N[C@@H](CCC[n+]1ccc(SCC2=C(C(=O)O)N3C(=O)[C@H](NC(=S)Cc4ccc(Cl)nc4Cl)[C@H]3SC2)cc1)C(=O)O. The number of nitrogens with two attached hydrogens (primary N) is 1. The molecule has 10 nitrogen and oxygen atoms in total. The van der Waals surface area contributed by atoms with Crippen molar-refractivity contribution in [2.75, 3.05) is 11.5 Å². The zero-order valence-electron chi connectivity index (χ0n) is 21.0. The van der Waals surface area contributed by atoms with Gasteiger partial charge in [-0.05, 0) is 23.6 Å². The smallest absolute Gasteiger partial charge is 0.352 e. The zero-order chi connectivity index (χ0) is 29.0. The number of thioether (sulfide) groups is 2. The number of carbonyl (C=O) groups excluding carboxylic acids is 1. The lowest BCUT2D eigenvalue weighted by Crippen LogP contribution is -2.70. The van der Waals surface area contributed by atoms with E-state index in [1.54, 1.807) is 12.1 Å². The molecule has 1 amide bonds. The van der Waals surface area contributed by atoms with Crippen LogP contribution in [-0.4, -0.2) is 71.9 Å². The Kier molecular flexibility index (Phi) is 10.3. The Labute approximate surface area is 254 Å². The average molecular weight is 644 g/mol. The van der Waals surface area contributed by atoms with E-state index in [0.29, 0.717) is 47.0 Å². The van der Waals surface area contributed by atoms with Gasteiger partial charge in [0.25, 0.3) is 5.91 Å². The van der Waals surface area contributed by atoms with Crippen molar-refractivity contribution in [3.8, 4) is 0 Å². The second kappa shape index (κ2) is 13.5. The highest BCUT2D eigenvalue weighted by molar-refractivity contribution is 8.01. The minimum Gasteiger partial charge on any atom is -0.480 e. The van der Waals surface area contributed by atoms with Crippen LogP contribution in [-0.2, 0) is 27.3 Å². The Morgan fingerprint density at radius 1 is 1.27 bits per heavy atom. The molecule has 0 aromatic carbocycles.